The van der Waals surface area contributed by atoms with Crippen molar-refractivity contribution in [1.29, 1.82) is 0 Å². The second-order valence-electron chi connectivity index (χ2n) is 2.11. The number of phenols is 2. The van der Waals surface area contributed by atoms with Crippen molar-refractivity contribution in [3.05, 3.63) is 23.5 Å². The van der Waals surface area contributed by atoms with E-state index in [9.17, 15) is 4.39 Å². The van der Waals surface area contributed by atoms with E-state index in [0.29, 0.717) is 5.56 Å². The summed E-state index contributed by atoms with van der Waals surface area (Å²) >= 11 is 0. The van der Waals surface area contributed by atoms with Gasteiger partial charge in [0.05, 0.1) is 0 Å². The van der Waals surface area contributed by atoms with Crippen LogP contribution in [0.3, 0.4) is 0 Å². The predicted molar refractivity (Wildman–Crippen MR) is 34.5 cm³/mol. The Morgan fingerprint density at radius 1 is 1.30 bits per heavy atom. The number of benzene rings is 1. The van der Waals surface area contributed by atoms with Crippen LogP contribution >= 0.6 is 0 Å². The molecule has 0 unspecified atom stereocenters. The van der Waals surface area contributed by atoms with Crippen LogP contribution in [-0.2, 0) is 0 Å². The van der Waals surface area contributed by atoms with Gasteiger partial charge in [-0.15, -0.1) is 0 Å². The van der Waals surface area contributed by atoms with Crippen LogP contribution in [0.2, 0.25) is 0 Å². The standard InChI is InChI=1S/C7H7FO2/c1-4-2-5(8)7(10)6(9)3-4/h2-3,9-10H,1H3. The summed E-state index contributed by atoms with van der Waals surface area (Å²) in [7, 11) is 0. The maximum atomic E-state index is 12.4. The predicted octanol–water partition coefficient (Wildman–Crippen LogP) is 1.55. The van der Waals surface area contributed by atoms with Gasteiger partial charge in [-0.05, 0) is 24.6 Å². The lowest BCUT2D eigenvalue weighted by molar-refractivity contribution is 0.378. The quantitative estimate of drug-likeness (QED) is 0.539. The molecule has 54 valence electrons. The molecule has 2 nitrogen and oxygen atoms in total. The van der Waals surface area contributed by atoms with E-state index in [4.69, 9.17) is 10.2 Å². The van der Waals surface area contributed by atoms with Gasteiger partial charge < -0.3 is 10.2 Å². The van der Waals surface area contributed by atoms with E-state index in [1.165, 1.54) is 6.07 Å². The zero-order valence-electron chi connectivity index (χ0n) is 5.43. The van der Waals surface area contributed by atoms with Gasteiger partial charge in [0.1, 0.15) is 0 Å². The molecule has 0 radical (unpaired) electrons. The van der Waals surface area contributed by atoms with Crippen LogP contribution in [0.5, 0.6) is 11.5 Å². The van der Waals surface area contributed by atoms with Crippen molar-refractivity contribution in [2.75, 3.05) is 0 Å². The molecular formula is C7H7FO2. The van der Waals surface area contributed by atoms with Crippen LogP contribution in [0.25, 0.3) is 0 Å². The summed E-state index contributed by atoms with van der Waals surface area (Å²) in [6.07, 6.45) is 0. The Labute approximate surface area is 57.6 Å². The monoisotopic (exact) mass is 142 g/mol. The first-order chi connectivity index (χ1) is 4.61. The number of halogens is 1. The average molecular weight is 142 g/mol. The fraction of sp³-hybridized carbons (Fsp3) is 0.143. The molecule has 0 aromatic heterocycles. The van der Waals surface area contributed by atoms with Crippen molar-refractivity contribution in [2.24, 2.45) is 0 Å². The lowest BCUT2D eigenvalue weighted by atomic mass is 10.2. The molecule has 10 heavy (non-hydrogen) atoms. The third-order valence-corrected chi connectivity index (χ3v) is 1.19. The normalized spacial score (nSPS) is 9.80. The van der Waals surface area contributed by atoms with E-state index in [1.54, 1.807) is 6.92 Å². The minimum absolute atomic E-state index is 0.419. The lowest BCUT2D eigenvalue weighted by Gasteiger charge is -1.98. The molecule has 1 aromatic carbocycles. The van der Waals surface area contributed by atoms with Crippen molar-refractivity contribution >= 4 is 0 Å². The second-order valence-corrected chi connectivity index (χ2v) is 2.11. The highest BCUT2D eigenvalue weighted by molar-refractivity contribution is 5.41. The summed E-state index contributed by atoms with van der Waals surface area (Å²) in [5.74, 6) is -1.90. The van der Waals surface area contributed by atoms with Crippen molar-refractivity contribution in [3.8, 4) is 11.5 Å². The fourth-order valence-electron chi connectivity index (χ4n) is 0.716. The van der Waals surface area contributed by atoms with Gasteiger partial charge in [-0.3, -0.25) is 0 Å². The first-order valence-electron chi connectivity index (χ1n) is 2.79. The Bertz CT molecular complexity index is 235. The molecule has 1 aromatic rings. The van der Waals surface area contributed by atoms with Gasteiger partial charge in [-0.25, -0.2) is 4.39 Å². The molecule has 1 rings (SSSR count). The zero-order valence-corrected chi connectivity index (χ0v) is 5.43. The summed E-state index contributed by atoms with van der Waals surface area (Å²) in [5, 5.41) is 17.5. The first kappa shape index (κ1) is 6.86. The highest BCUT2D eigenvalue weighted by Gasteiger charge is 2.05. The van der Waals surface area contributed by atoms with E-state index in [-0.39, 0.29) is 0 Å². The molecule has 2 N–H and O–H groups in total. The van der Waals surface area contributed by atoms with Gasteiger partial charge in [-0.2, -0.15) is 0 Å². The third-order valence-electron chi connectivity index (χ3n) is 1.19. The molecule has 0 atom stereocenters. The molecule has 0 aliphatic carbocycles. The van der Waals surface area contributed by atoms with Crippen LogP contribution in [0.15, 0.2) is 12.1 Å². The number of hydrogen-bond donors (Lipinski definition) is 2. The minimum Gasteiger partial charge on any atom is -0.504 e. The van der Waals surface area contributed by atoms with Crippen molar-refractivity contribution < 1.29 is 14.6 Å². The lowest BCUT2D eigenvalue weighted by Crippen LogP contribution is -1.79. The summed E-state index contributed by atoms with van der Waals surface area (Å²) in [4.78, 5) is 0. The van der Waals surface area contributed by atoms with Crippen molar-refractivity contribution in [3.63, 3.8) is 0 Å². The fourth-order valence-corrected chi connectivity index (χ4v) is 0.716. The highest BCUT2D eigenvalue weighted by atomic mass is 19.1. The van der Waals surface area contributed by atoms with Crippen LogP contribution in [0.1, 0.15) is 5.56 Å². The molecular weight excluding hydrogens is 135 g/mol. The van der Waals surface area contributed by atoms with Crippen LogP contribution in [0.4, 0.5) is 4.39 Å². The SMILES string of the molecule is Cc1cc(O)c(O)c(F)c1. The van der Waals surface area contributed by atoms with Gasteiger partial charge in [0, 0.05) is 0 Å². The maximum absolute atomic E-state index is 12.4. The van der Waals surface area contributed by atoms with Gasteiger partial charge in [0.15, 0.2) is 17.3 Å². The Balaban J connectivity index is 3.31. The minimum atomic E-state index is -0.794. The van der Waals surface area contributed by atoms with Gasteiger partial charge in [0.2, 0.25) is 0 Å². The molecule has 0 saturated heterocycles. The van der Waals surface area contributed by atoms with Crippen molar-refractivity contribution in [1.82, 2.24) is 0 Å². The first-order valence-corrected chi connectivity index (χ1v) is 2.79. The van der Waals surface area contributed by atoms with E-state index >= 15 is 0 Å². The molecule has 0 fully saturated rings. The summed E-state index contributed by atoms with van der Waals surface area (Å²) in [5.41, 5.74) is 0.577. The summed E-state index contributed by atoms with van der Waals surface area (Å²) in [6, 6.07) is 2.44. The summed E-state index contributed by atoms with van der Waals surface area (Å²) < 4.78 is 12.4. The molecule has 0 aliphatic rings. The van der Waals surface area contributed by atoms with Gasteiger partial charge in [-0.1, -0.05) is 0 Å². The van der Waals surface area contributed by atoms with Crippen molar-refractivity contribution in [2.45, 2.75) is 6.92 Å². The molecule has 3 heteroatoms. The van der Waals surface area contributed by atoms with Gasteiger partial charge >= 0.3 is 0 Å². The Hall–Kier alpha value is -1.25. The number of rotatable bonds is 0. The number of hydrogen-bond acceptors (Lipinski definition) is 2. The third kappa shape index (κ3) is 1.03. The second kappa shape index (κ2) is 2.17. The summed E-state index contributed by atoms with van der Waals surface area (Å²) in [6.45, 7) is 1.63. The van der Waals surface area contributed by atoms with Gasteiger partial charge in [0.25, 0.3) is 0 Å². The Morgan fingerprint density at radius 2 is 1.90 bits per heavy atom. The van der Waals surface area contributed by atoms with Crippen LogP contribution in [0, 0.1) is 12.7 Å². The van der Waals surface area contributed by atoms with E-state index in [0.717, 1.165) is 6.07 Å². The highest BCUT2D eigenvalue weighted by Crippen LogP contribution is 2.28. The number of phenolic OH excluding ortho intramolecular Hbond substituents is 2. The van der Waals surface area contributed by atoms with Crippen LogP contribution in [-0.4, -0.2) is 10.2 Å². The number of aromatic hydroxyl groups is 2. The Kier molecular flexibility index (Phi) is 1.49. The molecule has 0 bridgehead atoms. The number of aryl methyl sites for hydroxylation is 1. The average Bonchev–Trinajstić information content (AvgIpc) is 1.82. The molecule has 0 heterocycles. The Morgan fingerprint density at radius 3 is 2.40 bits per heavy atom. The smallest absolute Gasteiger partial charge is 0.194 e. The maximum Gasteiger partial charge on any atom is 0.194 e. The van der Waals surface area contributed by atoms with E-state index in [1.807, 2.05) is 0 Å². The van der Waals surface area contributed by atoms with E-state index in [2.05, 4.69) is 0 Å². The van der Waals surface area contributed by atoms with Crippen LogP contribution < -0.4 is 0 Å². The zero-order chi connectivity index (χ0) is 7.72. The largest absolute Gasteiger partial charge is 0.504 e. The van der Waals surface area contributed by atoms with E-state index < -0.39 is 17.3 Å². The molecule has 0 amide bonds. The molecule has 0 saturated carbocycles. The molecule has 0 spiro atoms. The topological polar surface area (TPSA) is 40.5 Å². The molecule has 0 aliphatic heterocycles.